The summed E-state index contributed by atoms with van der Waals surface area (Å²) < 4.78 is 40.8. The van der Waals surface area contributed by atoms with Crippen molar-refractivity contribution in [1.82, 2.24) is 0 Å². The van der Waals surface area contributed by atoms with Gasteiger partial charge < -0.3 is 11.1 Å². The highest BCUT2D eigenvalue weighted by atomic mass is 79.9. The van der Waals surface area contributed by atoms with Crippen molar-refractivity contribution in [1.29, 1.82) is 0 Å². The Morgan fingerprint density at radius 2 is 1.79 bits per heavy atom. The van der Waals surface area contributed by atoms with Gasteiger partial charge in [0.1, 0.15) is 17.3 Å². The molecule has 0 radical (unpaired) electrons. The molecular weight excluding hydrogens is 321 g/mol. The molecule has 0 amide bonds. The van der Waals surface area contributed by atoms with Crippen LogP contribution in [-0.4, -0.2) is 0 Å². The predicted molar refractivity (Wildman–Crippen MR) is 72.9 cm³/mol. The zero-order chi connectivity index (χ0) is 14.2. The number of hydrogen-bond acceptors (Lipinski definition) is 2. The van der Waals surface area contributed by atoms with E-state index >= 15 is 0 Å². The number of halogens is 4. The third-order valence-corrected chi connectivity index (χ3v) is 3.24. The Kier molecular flexibility index (Phi) is 3.71. The number of anilines is 3. The number of nitrogen functional groups attached to an aromatic ring is 1. The van der Waals surface area contributed by atoms with E-state index in [2.05, 4.69) is 21.2 Å². The van der Waals surface area contributed by atoms with Gasteiger partial charge in [-0.3, -0.25) is 0 Å². The van der Waals surface area contributed by atoms with Crippen LogP contribution in [0.1, 0.15) is 5.56 Å². The van der Waals surface area contributed by atoms with Gasteiger partial charge in [0.25, 0.3) is 0 Å². The van der Waals surface area contributed by atoms with Crippen molar-refractivity contribution in [2.45, 2.75) is 6.92 Å². The molecule has 0 aliphatic rings. The lowest BCUT2D eigenvalue weighted by Crippen LogP contribution is -2.02. The first-order valence-electron chi connectivity index (χ1n) is 5.36. The molecule has 0 aliphatic carbocycles. The quantitative estimate of drug-likeness (QED) is 0.795. The van der Waals surface area contributed by atoms with Gasteiger partial charge in [-0.25, -0.2) is 13.2 Å². The number of hydrogen-bond donors (Lipinski definition) is 2. The Hall–Kier alpha value is -1.69. The van der Waals surface area contributed by atoms with Crippen molar-refractivity contribution >= 4 is 33.0 Å². The standard InChI is InChI=1S/C13H10BrF3N2/c1-6-2-3-8(15)13(12(6)17)19-11-4-7(14)9(16)5-10(11)18/h2-5,19H,18H2,1H3. The van der Waals surface area contributed by atoms with Crippen LogP contribution in [0.2, 0.25) is 0 Å². The molecule has 19 heavy (non-hydrogen) atoms. The fourth-order valence-electron chi connectivity index (χ4n) is 1.58. The molecule has 2 nitrogen and oxygen atoms in total. The molecule has 0 spiro atoms. The van der Waals surface area contributed by atoms with Crippen LogP contribution in [0, 0.1) is 24.4 Å². The smallest absolute Gasteiger partial charge is 0.152 e. The first-order chi connectivity index (χ1) is 8.90. The van der Waals surface area contributed by atoms with Gasteiger partial charge in [0.2, 0.25) is 0 Å². The summed E-state index contributed by atoms with van der Waals surface area (Å²) in [4.78, 5) is 0. The summed E-state index contributed by atoms with van der Waals surface area (Å²) in [5.41, 5.74) is 5.86. The summed E-state index contributed by atoms with van der Waals surface area (Å²) in [6.07, 6.45) is 0. The predicted octanol–water partition coefficient (Wildman–Crippen LogP) is 4.50. The summed E-state index contributed by atoms with van der Waals surface area (Å²) in [5, 5.41) is 2.55. The van der Waals surface area contributed by atoms with Crippen LogP contribution in [0.15, 0.2) is 28.7 Å². The minimum atomic E-state index is -0.747. The lowest BCUT2D eigenvalue weighted by molar-refractivity contribution is 0.585. The van der Waals surface area contributed by atoms with Crippen molar-refractivity contribution in [2.24, 2.45) is 0 Å². The van der Waals surface area contributed by atoms with Crippen LogP contribution in [0.25, 0.3) is 0 Å². The molecule has 0 aromatic heterocycles. The van der Waals surface area contributed by atoms with Crippen LogP contribution in [0.3, 0.4) is 0 Å². The van der Waals surface area contributed by atoms with Gasteiger partial charge in [0.15, 0.2) is 5.82 Å². The maximum absolute atomic E-state index is 13.8. The van der Waals surface area contributed by atoms with Gasteiger partial charge in [-0.1, -0.05) is 6.07 Å². The van der Waals surface area contributed by atoms with E-state index in [0.717, 1.165) is 12.1 Å². The number of rotatable bonds is 2. The van der Waals surface area contributed by atoms with Crippen LogP contribution in [0.4, 0.5) is 30.2 Å². The van der Waals surface area contributed by atoms with E-state index in [1.54, 1.807) is 0 Å². The minimum absolute atomic E-state index is 0.0565. The fourth-order valence-corrected chi connectivity index (χ4v) is 1.92. The Morgan fingerprint density at radius 3 is 2.47 bits per heavy atom. The van der Waals surface area contributed by atoms with Gasteiger partial charge in [-0.2, -0.15) is 0 Å². The number of benzene rings is 2. The zero-order valence-corrected chi connectivity index (χ0v) is 11.5. The molecule has 100 valence electrons. The van der Waals surface area contributed by atoms with E-state index in [1.807, 2.05) is 0 Å². The summed E-state index contributed by atoms with van der Waals surface area (Å²) >= 11 is 2.99. The third-order valence-electron chi connectivity index (χ3n) is 2.64. The Balaban J connectivity index is 2.48. The van der Waals surface area contributed by atoms with Crippen molar-refractivity contribution in [2.75, 3.05) is 11.1 Å². The maximum atomic E-state index is 13.8. The molecule has 2 aromatic rings. The Morgan fingerprint density at radius 1 is 1.11 bits per heavy atom. The van der Waals surface area contributed by atoms with E-state index in [9.17, 15) is 13.2 Å². The average molecular weight is 331 g/mol. The van der Waals surface area contributed by atoms with E-state index < -0.39 is 17.5 Å². The molecule has 6 heteroatoms. The highest BCUT2D eigenvalue weighted by Gasteiger charge is 2.14. The second-order valence-corrected chi connectivity index (χ2v) is 4.89. The summed E-state index contributed by atoms with van der Waals surface area (Å²) in [5.74, 6) is -2.00. The maximum Gasteiger partial charge on any atom is 0.152 e. The van der Waals surface area contributed by atoms with Crippen molar-refractivity contribution in [3.63, 3.8) is 0 Å². The van der Waals surface area contributed by atoms with Crippen molar-refractivity contribution < 1.29 is 13.2 Å². The first kappa shape index (κ1) is 13.7. The lowest BCUT2D eigenvalue weighted by atomic mass is 10.2. The molecule has 0 saturated carbocycles. The highest BCUT2D eigenvalue weighted by Crippen LogP contribution is 2.31. The molecule has 3 N–H and O–H groups in total. The largest absolute Gasteiger partial charge is 0.397 e. The fraction of sp³-hybridized carbons (Fsp3) is 0.0769. The van der Waals surface area contributed by atoms with Gasteiger partial charge in [0, 0.05) is 6.07 Å². The highest BCUT2D eigenvalue weighted by molar-refractivity contribution is 9.10. The van der Waals surface area contributed by atoms with E-state index in [1.165, 1.54) is 19.1 Å². The molecule has 0 bridgehead atoms. The normalized spacial score (nSPS) is 10.6. The van der Waals surface area contributed by atoms with Crippen LogP contribution in [0.5, 0.6) is 0 Å². The molecule has 0 aliphatic heterocycles. The summed E-state index contributed by atoms with van der Waals surface area (Å²) in [6.45, 7) is 1.52. The second kappa shape index (κ2) is 5.13. The topological polar surface area (TPSA) is 38.0 Å². The molecule has 0 atom stereocenters. The first-order valence-corrected chi connectivity index (χ1v) is 6.15. The molecule has 0 fully saturated rings. The number of aryl methyl sites for hydroxylation is 1. The lowest BCUT2D eigenvalue weighted by Gasteiger charge is -2.13. The molecule has 0 unspecified atom stereocenters. The molecule has 0 heterocycles. The molecule has 2 aromatic carbocycles. The van der Waals surface area contributed by atoms with Gasteiger partial charge in [-0.15, -0.1) is 0 Å². The summed E-state index contributed by atoms with van der Waals surface area (Å²) in [7, 11) is 0. The van der Waals surface area contributed by atoms with Crippen molar-refractivity contribution in [3.8, 4) is 0 Å². The van der Waals surface area contributed by atoms with Crippen LogP contribution in [-0.2, 0) is 0 Å². The Labute approximate surface area is 116 Å². The zero-order valence-electron chi connectivity index (χ0n) is 9.90. The van der Waals surface area contributed by atoms with E-state index in [4.69, 9.17) is 5.73 Å². The van der Waals surface area contributed by atoms with E-state index in [0.29, 0.717) is 5.56 Å². The van der Waals surface area contributed by atoms with Crippen molar-refractivity contribution in [3.05, 3.63) is 51.8 Å². The second-order valence-electron chi connectivity index (χ2n) is 4.03. The average Bonchev–Trinajstić information content (AvgIpc) is 2.36. The molecular formula is C13H10BrF3N2. The van der Waals surface area contributed by atoms with E-state index in [-0.39, 0.29) is 21.5 Å². The molecule has 2 rings (SSSR count). The van der Waals surface area contributed by atoms with Crippen LogP contribution >= 0.6 is 15.9 Å². The SMILES string of the molecule is Cc1ccc(F)c(Nc2cc(Br)c(F)cc2N)c1F. The number of nitrogens with one attached hydrogen (secondary N) is 1. The Bertz CT molecular complexity index is 644. The van der Waals surface area contributed by atoms with Gasteiger partial charge in [0.05, 0.1) is 15.8 Å². The molecule has 0 saturated heterocycles. The van der Waals surface area contributed by atoms with Gasteiger partial charge in [-0.05, 0) is 40.5 Å². The van der Waals surface area contributed by atoms with Gasteiger partial charge >= 0.3 is 0 Å². The number of nitrogens with two attached hydrogens (primary N) is 1. The third kappa shape index (κ3) is 2.68. The summed E-state index contributed by atoms with van der Waals surface area (Å²) in [6, 6.07) is 4.87. The van der Waals surface area contributed by atoms with Crippen LogP contribution < -0.4 is 11.1 Å². The monoisotopic (exact) mass is 330 g/mol. The minimum Gasteiger partial charge on any atom is -0.397 e.